The smallest absolute Gasteiger partial charge is 0.243 e. The van der Waals surface area contributed by atoms with E-state index in [-0.39, 0.29) is 30.4 Å². The maximum atomic E-state index is 14.4. The zero-order chi connectivity index (χ0) is 27.8. The van der Waals surface area contributed by atoms with Crippen molar-refractivity contribution in [1.29, 1.82) is 0 Å². The Morgan fingerprint density at radius 2 is 1.29 bits per heavy atom. The third-order valence-electron chi connectivity index (χ3n) is 5.86. The average Bonchev–Trinajstić information content (AvgIpc) is 2.87. The Hall–Kier alpha value is -4.38. The maximum absolute atomic E-state index is 14.4. The topological polar surface area (TPSA) is 148 Å². The van der Waals surface area contributed by atoms with Gasteiger partial charge in [0.1, 0.15) is 23.7 Å². The Bertz CT molecular complexity index is 1320. The highest BCUT2D eigenvalue weighted by Crippen LogP contribution is 2.18. The number of carbonyl (C=O) groups is 3. The summed E-state index contributed by atoms with van der Waals surface area (Å²) in [6.07, 6.45) is -0.647. The Labute approximate surface area is 216 Å². The molecular weight excluding hydrogens is 501 g/mol. The number of benzene rings is 3. The van der Waals surface area contributed by atoms with E-state index >= 15 is 0 Å². The highest BCUT2D eigenvalue weighted by Gasteiger charge is 2.29. The van der Waals surface area contributed by atoms with Crippen LogP contribution in [-0.4, -0.2) is 41.0 Å². The van der Waals surface area contributed by atoms with Crippen LogP contribution in [0.5, 0.6) is 5.75 Å². The highest BCUT2D eigenvalue weighted by atomic mass is 19.1. The van der Waals surface area contributed by atoms with E-state index in [1.54, 1.807) is 12.1 Å². The first-order valence-corrected chi connectivity index (χ1v) is 11.6. The van der Waals surface area contributed by atoms with E-state index < -0.39 is 59.0 Å². The molecule has 200 valence electrons. The number of halogens is 3. The molecule has 0 radical (unpaired) electrons. The molecule has 3 rings (SSSR count). The summed E-state index contributed by atoms with van der Waals surface area (Å²) in [5.74, 6) is -5.29. The van der Waals surface area contributed by atoms with Gasteiger partial charge >= 0.3 is 0 Å². The lowest BCUT2D eigenvalue weighted by atomic mass is 10.0. The standard InChI is InChI=1S/C27H27F3N4O4/c28-18-7-3-1-5-16(18)13-21(31)26(37)34-23(14-17-6-2-4-8-19(17)29)27(38)33-22(25(32)36)11-15-9-10-20(30)24(35)12-15/h1-10,12,21-23,35H,11,13-14,31H2,(H2,32,36)(H,33,38)(H,34,37). The van der Waals surface area contributed by atoms with Crippen LogP contribution in [0, 0.1) is 17.5 Å². The SMILES string of the molecule is NC(=O)C(Cc1ccc(F)c(O)c1)NC(=O)C(Cc1ccccc1F)NC(=O)C(N)Cc1ccccc1F. The molecule has 3 atom stereocenters. The molecule has 0 heterocycles. The van der Waals surface area contributed by atoms with E-state index in [0.29, 0.717) is 5.56 Å². The number of nitrogens with one attached hydrogen (secondary N) is 2. The van der Waals surface area contributed by atoms with Gasteiger partial charge in [-0.2, -0.15) is 0 Å². The van der Waals surface area contributed by atoms with Crippen LogP contribution in [0.2, 0.25) is 0 Å². The second-order valence-corrected chi connectivity index (χ2v) is 8.71. The number of carbonyl (C=O) groups excluding carboxylic acids is 3. The molecule has 0 aliphatic rings. The van der Waals surface area contributed by atoms with Crippen molar-refractivity contribution in [2.24, 2.45) is 11.5 Å². The molecule has 7 N–H and O–H groups in total. The lowest BCUT2D eigenvalue weighted by Crippen LogP contribution is -2.56. The van der Waals surface area contributed by atoms with Gasteiger partial charge < -0.3 is 27.2 Å². The second-order valence-electron chi connectivity index (χ2n) is 8.71. The maximum Gasteiger partial charge on any atom is 0.243 e. The van der Waals surface area contributed by atoms with Crippen LogP contribution in [0.1, 0.15) is 16.7 Å². The molecule has 3 aromatic rings. The number of aromatic hydroxyl groups is 1. The summed E-state index contributed by atoms with van der Waals surface area (Å²) >= 11 is 0. The summed E-state index contributed by atoms with van der Waals surface area (Å²) < 4.78 is 41.7. The molecule has 0 spiro atoms. The summed E-state index contributed by atoms with van der Waals surface area (Å²) in [7, 11) is 0. The average molecular weight is 529 g/mol. The van der Waals surface area contributed by atoms with Gasteiger partial charge in [-0.15, -0.1) is 0 Å². The van der Waals surface area contributed by atoms with E-state index in [4.69, 9.17) is 11.5 Å². The summed E-state index contributed by atoms with van der Waals surface area (Å²) in [4.78, 5) is 38.1. The van der Waals surface area contributed by atoms with Crippen LogP contribution in [-0.2, 0) is 33.6 Å². The Morgan fingerprint density at radius 1 is 0.737 bits per heavy atom. The molecule has 0 aromatic heterocycles. The third kappa shape index (κ3) is 7.56. The van der Waals surface area contributed by atoms with Gasteiger partial charge in [0.25, 0.3) is 0 Å². The van der Waals surface area contributed by atoms with Crippen molar-refractivity contribution < 1.29 is 32.7 Å². The predicted octanol–water partition coefficient (Wildman–Crippen LogP) is 1.62. The van der Waals surface area contributed by atoms with Crippen molar-refractivity contribution in [2.75, 3.05) is 0 Å². The van der Waals surface area contributed by atoms with Crippen molar-refractivity contribution in [3.63, 3.8) is 0 Å². The zero-order valence-corrected chi connectivity index (χ0v) is 20.2. The zero-order valence-electron chi connectivity index (χ0n) is 20.2. The molecule has 3 unspecified atom stereocenters. The minimum atomic E-state index is -1.38. The summed E-state index contributed by atoms with van der Waals surface area (Å²) in [6.45, 7) is 0. The molecule has 8 nitrogen and oxygen atoms in total. The Kier molecular flexibility index (Phi) is 9.44. The van der Waals surface area contributed by atoms with E-state index in [9.17, 15) is 32.7 Å². The summed E-state index contributed by atoms with van der Waals surface area (Å²) in [5.41, 5.74) is 12.0. The molecule has 0 bridgehead atoms. The number of phenols is 1. The van der Waals surface area contributed by atoms with Crippen molar-refractivity contribution in [1.82, 2.24) is 10.6 Å². The monoisotopic (exact) mass is 528 g/mol. The molecule has 11 heteroatoms. The fourth-order valence-electron chi connectivity index (χ4n) is 3.78. The highest BCUT2D eigenvalue weighted by molar-refractivity contribution is 5.93. The fourth-order valence-corrected chi connectivity index (χ4v) is 3.78. The van der Waals surface area contributed by atoms with Crippen molar-refractivity contribution in [2.45, 2.75) is 37.4 Å². The van der Waals surface area contributed by atoms with Gasteiger partial charge in [-0.05, 0) is 47.4 Å². The van der Waals surface area contributed by atoms with Crippen LogP contribution in [0.3, 0.4) is 0 Å². The van der Waals surface area contributed by atoms with E-state index in [1.807, 2.05) is 0 Å². The molecule has 0 fully saturated rings. The number of phenolic OH excluding ortho intramolecular Hbond substituents is 1. The first kappa shape index (κ1) is 28.2. The van der Waals surface area contributed by atoms with Gasteiger partial charge in [0.15, 0.2) is 11.6 Å². The molecule has 38 heavy (non-hydrogen) atoms. The van der Waals surface area contributed by atoms with Crippen LogP contribution in [0.15, 0.2) is 66.7 Å². The minimum absolute atomic E-state index is 0.106. The van der Waals surface area contributed by atoms with Gasteiger partial charge in [0, 0.05) is 12.8 Å². The molecular formula is C27H27F3N4O4. The third-order valence-corrected chi connectivity index (χ3v) is 5.86. The normalized spacial score (nSPS) is 13.3. The summed E-state index contributed by atoms with van der Waals surface area (Å²) in [5, 5.41) is 14.5. The lowest BCUT2D eigenvalue weighted by Gasteiger charge is -2.24. The first-order chi connectivity index (χ1) is 18.0. The number of primary amides is 1. The molecule has 0 saturated carbocycles. The van der Waals surface area contributed by atoms with Crippen molar-refractivity contribution >= 4 is 17.7 Å². The van der Waals surface area contributed by atoms with Gasteiger partial charge in [0.2, 0.25) is 17.7 Å². The number of hydrogen-bond donors (Lipinski definition) is 5. The molecule has 0 aliphatic carbocycles. The van der Waals surface area contributed by atoms with Gasteiger partial charge in [-0.25, -0.2) is 13.2 Å². The minimum Gasteiger partial charge on any atom is -0.505 e. The second kappa shape index (κ2) is 12.7. The predicted molar refractivity (Wildman–Crippen MR) is 133 cm³/mol. The molecule has 0 saturated heterocycles. The molecule has 0 aliphatic heterocycles. The van der Waals surface area contributed by atoms with Crippen LogP contribution < -0.4 is 22.1 Å². The van der Waals surface area contributed by atoms with Crippen molar-refractivity contribution in [3.8, 4) is 5.75 Å². The molecule has 3 aromatic carbocycles. The molecule has 3 amide bonds. The van der Waals surface area contributed by atoms with E-state index in [2.05, 4.69) is 10.6 Å². The van der Waals surface area contributed by atoms with E-state index in [1.165, 1.54) is 42.5 Å². The fraction of sp³-hybridized carbons (Fsp3) is 0.222. The van der Waals surface area contributed by atoms with Gasteiger partial charge in [0.05, 0.1) is 6.04 Å². The number of amides is 3. The van der Waals surface area contributed by atoms with Gasteiger partial charge in [-0.1, -0.05) is 42.5 Å². The largest absolute Gasteiger partial charge is 0.505 e. The Balaban J connectivity index is 1.79. The quantitative estimate of drug-likeness (QED) is 0.257. The van der Waals surface area contributed by atoms with Crippen LogP contribution in [0.4, 0.5) is 13.2 Å². The van der Waals surface area contributed by atoms with Crippen LogP contribution >= 0.6 is 0 Å². The number of hydrogen-bond acceptors (Lipinski definition) is 5. The van der Waals surface area contributed by atoms with Crippen molar-refractivity contribution in [3.05, 3.63) is 101 Å². The summed E-state index contributed by atoms with van der Waals surface area (Å²) in [6, 6.07) is 10.8. The lowest BCUT2D eigenvalue weighted by molar-refractivity contribution is -0.131. The van der Waals surface area contributed by atoms with Crippen LogP contribution in [0.25, 0.3) is 0 Å². The van der Waals surface area contributed by atoms with E-state index in [0.717, 1.165) is 12.1 Å². The number of nitrogens with two attached hydrogens (primary N) is 2. The van der Waals surface area contributed by atoms with Gasteiger partial charge in [-0.3, -0.25) is 14.4 Å². The number of rotatable bonds is 11. The first-order valence-electron chi connectivity index (χ1n) is 11.6. The Morgan fingerprint density at radius 3 is 1.84 bits per heavy atom.